The van der Waals surface area contributed by atoms with Gasteiger partial charge in [-0.3, -0.25) is 4.79 Å². The summed E-state index contributed by atoms with van der Waals surface area (Å²) < 4.78 is 5.07. The topological polar surface area (TPSA) is 176 Å². The highest BCUT2D eigenvalue weighted by atomic mass is 16.6. The molecule has 0 rings (SSSR count). The van der Waals surface area contributed by atoms with Crippen LogP contribution >= 0.6 is 0 Å². The smallest absolute Gasteiger partial charge is 0.310 e. The molecule has 0 aromatic rings. The van der Waals surface area contributed by atoms with Crippen molar-refractivity contribution in [1.82, 2.24) is 0 Å². The van der Waals surface area contributed by atoms with Gasteiger partial charge < -0.3 is 14.8 Å². The fourth-order valence-corrected chi connectivity index (χ4v) is 0.933. The van der Waals surface area contributed by atoms with E-state index in [-0.39, 0.29) is 12.1 Å². The van der Waals surface area contributed by atoms with Crippen LogP contribution in [0.3, 0.4) is 0 Å². The maximum absolute atomic E-state index is 11.4. The SMILES string of the molecule is CC(CC(=O)OC(C)(C)C)ON=C(C#N)C#N.N#CC(C#N)=NO. The number of oxime groups is 2. The third-order valence-corrected chi connectivity index (χ3v) is 1.72. The molecule has 0 amide bonds. The summed E-state index contributed by atoms with van der Waals surface area (Å²) in [5, 5.41) is 45.6. The van der Waals surface area contributed by atoms with Crippen LogP contribution in [0.15, 0.2) is 10.3 Å². The molecular formula is C14H16N6O4. The summed E-state index contributed by atoms with van der Waals surface area (Å²) in [4.78, 5) is 16.2. The Morgan fingerprint density at radius 2 is 1.54 bits per heavy atom. The summed E-state index contributed by atoms with van der Waals surface area (Å²) in [7, 11) is 0. The van der Waals surface area contributed by atoms with Crippen LogP contribution in [0.25, 0.3) is 0 Å². The van der Waals surface area contributed by atoms with E-state index < -0.39 is 23.4 Å². The lowest BCUT2D eigenvalue weighted by atomic mass is 10.2. The van der Waals surface area contributed by atoms with Gasteiger partial charge in [0, 0.05) is 0 Å². The lowest BCUT2D eigenvalue weighted by molar-refractivity contribution is -0.157. The number of hydrogen-bond acceptors (Lipinski definition) is 10. The largest absolute Gasteiger partial charge is 0.460 e. The normalized spacial score (nSPS) is 9.83. The fraction of sp³-hybridized carbons (Fsp3) is 0.500. The third-order valence-electron chi connectivity index (χ3n) is 1.72. The zero-order valence-electron chi connectivity index (χ0n) is 13.6. The molecule has 0 aliphatic heterocycles. The Kier molecular flexibility index (Phi) is 11.3. The average molecular weight is 332 g/mol. The van der Waals surface area contributed by atoms with E-state index in [1.165, 1.54) is 12.1 Å². The summed E-state index contributed by atoms with van der Waals surface area (Å²) >= 11 is 0. The summed E-state index contributed by atoms with van der Waals surface area (Å²) in [5.41, 5.74) is -1.47. The van der Waals surface area contributed by atoms with Gasteiger partial charge in [-0.25, -0.2) is 0 Å². The van der Waals surface area contributed by atoms with E-state index in [0.29, 0.717) is 0 Å². The van der Waals surface area contributed by atoms with Crippen LogP contribution in [0.1, 0.15) is 34.1 Å². The molecule has 0 bridgehead atoms. The predicted octanol–water partition coefficient (Wildman–Crippen LogP) is 1.39. The van der Waals surface area contributed by atoms with Crippen LogP contribution in [0, 0.1) is 45.3 Å². The predicted molar refractivity (Wildman–Crippen MR) is 80.1 cm³/mol. The molecule has 0 spiro atoms. The van der Waals surface area contributed by atoms with Crippen LogP contribution < -0.4 is 0 Å². The molecule has 10 nitrogen and oxygen atoms in total. The zero-order chi connectivity index (χ0) is 19.2. The molecule has 0 aliphatic carbocycles. The Bertz CT molecular complexity index is 617. The van der Waals surface area contributed by atoms with E-state index >= 15 is 0 Å². The van der Waals surface area contributed by atoms with Gasteiger partial charge in [0.25, 0.3) is 11.4 Å². The van der Waals surface area contributed by atoms with Gasteiger partial charge in [-0.1, -0.05) is 10.3 Å². The molecule has 0 aromatic heterocycles. The molecule has 0 fully saturated rings. The highest BCUT2D eigenvalue weighted by Crippen LogP contribution is 2.10. The Balaban J connectivity index is 0. The Labute approximate surface area is 139 Å². The van der Waals surface area contributed by atoms with Crippen molar-refractivity contribution in [2.24, 2.45) is 10.3 Å². The second-order valence-electron chi connectivity index (χ2n) is 5.04. The van der Waals surface area contributed by atoms with Gasteiger partial charge in [0.15, 0.2) is 0 Å². The van der Waals surface area contributed by atoms with Crippen LogP contribution in [-0.2, 0) is 14.4 Å². The van der Waals surface area contributed by atoms with Crippen LogP contribution in [-0.4, -0.2) is 34.3 Å². The van der Waals surface area contributed by atoms with Crippen LogP contribution in [0.2, 0.25) is 0 Å². The Hall–Kier alpha value is -3.63. The number of rotatable bonds is 4. The number of esters is 1. The number of nitrogens with zero attached hydrogens (tertiary/aromatic N) is 6. The number of ether oxygens (including phenoxy) is 1. The second kappa shape index (κ2) is 12.0. The van der Waals surface area contributed by atoms with E-state index in [1.807, 2.05) is 0 Å². The van der Waals surface area contributed by atoms with Gasteiger partial charge in [0.05, 0.1) is 6.42 Å². The standard InChI is InChI=1S/C11H15N3O3.C3HN3O/c1-8(17-14-9(6-12)7-13)5-10(15)16-11(2,3)4;4-1-3(2-5)6-7/h8H,5H2,1-4H3;7H. The van der Waals surface area contributed by atoms with Crippen molar-refractivity contribution in [3.63, 3.8) is 0 Å². The van der Waals surface area contributed by atoms with E-state index in [2.05, 4.69) is 10.3 Å². The summed E-state index contributed by atoms with van der Waals surface area (Å²) in [6.07, 6.45) is -0.549. The van der Waals surface area contributed by atoms with Crippen molar-refractivity contribution in [2.45, 2.75) is 45.8 Å². The minimum absolute atomic E-state index is 0.00487. The first-order valence-corrected chi connectivity index (χ1v) is 6.41. The molecule has 24 heavy (non-hydrogen) atoms. The third kappa shape index (κ3) is 13.4. The first kappa shape index (κ1) is 22.6. The lowest BCUT2D eigenvalue weighted by Gasteiger charge is -2.20. The number of nitriles is 4. The molecule has 1 atom stereocenters. The van der Waals surface area contributed by atoms with E-state index in [9.17, 15) is 4.79 Å². The minimum atomic E-state index is -0.554. The van der Waals surface area contributed by atoms with Crippen molar-refractivity contribution in [3.05, 3.63) is 0 Å². The number of carbonyl (C=O) groups excluding carboxylic acids is 1. The molecule has 1 unspecified atom stereocenters. The van der Waals surface area contributed by atoms with Crippen molar-refractivity contribution < 1.29 is 19.6 Å². The quantitative estimate of drug-likeness (QED) is 0.347. The van der Waals surface area contributed by atoms with Crippen molar-refractivity contribution >= 4 is 17.4 Å². The fourth-order valence-electron chi connectivity index (χ4n) is 0.933. The van der Waals surface area contributed by atoms with E-state index in [4.69, 9.17) is 35.8 Å². The van der Waals surface area contributed by atoms with E-state index in [1.54, 1.807) is 39.8 Å². The molecule has 0 aromatic carbocycles. The molecule has 10 heteroatoms. The molecule has 0 aliphatic rings. The number of hydrogen-bond donors (Lipinski definition) is 1. The highest BCUT2D eigenvalue weighted by molar-refractivity contribution is 6.10. The van der Waals surface area contributed by atoms with Gasteiger partial charge in [-0.2, -0.15) is 21.0 Å². The summed E-state index contributed by atoms with van der Waals surface area (Å²) in [5.74, 6) is -0.421. The first-order chi connectivity index (χ1) is 11.1. The minimum Gasteiger partial charge on any atom is -0.460 e. The zero-order valence-corrected chi connectivity index (χ0v) is 13.6. The first-order valence-electron chi connectivity index (χ1n) is 6.41. The van der Waals surface area contributed by atoms with Gasteiger partial charge in [0.1, 0.15) is 36.0 Å². The summed E-state index contributed by atoms with van der Waals surface area (Å²) in [6.45, 7) is 6.88. The lowest BCUT2D eigenvalue weighted by Crippen LogP contribution is -2.26. The van der Waals surface area contributed by atoms with Crippen molar-refractivity contribution in [2.75, 3.05) is 0 Å². The van der Waals surface area contributed by atoms with E-state index in [0.717, 1.165) is 0 Å². The molecule has 0 saturated heterocycles. The van der Waals surface area contributed by atoms with Gasteiger partial charge >= 0.3 is 5.97 Å². The summed E-state index contributed by atoms with van der Waals surface area (Å²) in [6, 6.07) is 5.77. The molecule has 0 saturated carbocycles. The van der Waals surface area contributed by atoms with Gasteiger partial charge in [0.2, 0.25) is 0 Å². The van der Waals surface area contributed by atoms with Gasteiger partial charge in [-0.05, 0) is 27.7 Å². The molecule has 1 N–H and O–H groups in total. The highest BCUT2D eigenvalue weighted by Gasteiger charge is 2.19. The second-order valence-corrected chi connectivity index (χ2v) is 5.04. The van der Waals surface area contributed by atoms with Crippen LogP contribution in [0.4, 0.5) is 0 Å². The average Bonchev–Trinajstić information content (AvgIpc) is 2.48. The Morgan fingerprint density at radius 3 is 1.83 bits per heavy atom. The van der Waals surface area contributed by atoms with Crippen molar-refractivity contribution in [3.8, 4) is 24.3 Å². The van der Waals surface area contributed by atoms with Crippen molar-refractivity contribution in [1.29, 1.82) is 21.0 Å². The molecule has 0 radical (unpaired) electrons. The maximum Gasteiger partial charge on any atom is 0.310 e. The van der Waals surface area contributed by atoms with Crippen LogP contribution in [0.5, 0.6) is 0 Å². The molecule has 0 heterocycles. The Morgan fingerprint density at radius 1 is 1.08 bits per heavy atom. The molecular weight excluding hydrogens is 316 g/mol. The maximum atomic E-state index is 11.4. The van der Waals surface area contributed by atoms with Gasteiger partial charge in [-0.15, -0.1) is 0 Å². The molecule has 126 valence electrons. The monoisotopic (exact) mass is 332 g/mol. The number of carbonyl (C=O) groups is 1.